The molecule has 0 fully saturated rings. The molecule has 0 heterocycles. The summed E-state index contributed by atoms with van der Waals surface area (Å²) < 4.78 is 19.1. The number of nitrogens with one attached hydrogen (secondary N) is 2. The Kier molecular flexibility index (Phi) is 12.1. The van der Waals surface area contributed by atoms with Gasteiger partial charge in [-0.2, -0.15) is 0 Å². The van der Waals surface area contributed by atoms with Crippen molar-refractivity contribution in [1.82, 2.24) is 10.6 Å². The number of carbonyl (C=O) groups excluding carboxylic acids is 5. The summed E-state index contributed by atoms with van der Waals surface area (Å²) in [5.41, 5.74) is 0.761. The van der Waals surface area contributed by atoms with Gasteiger partial charge in [0.25, 0.3) is 0 Å². The topological polar surface area (TPSA) is 146 Å². The van der Waals surface area contributed by atoms with E-state index >= 15 is 0 Å². The van der Waals surface area contributed by atoms with Crippen LogP contribution in [0.15, 0.2) is 30.3 Å². The van der Waals surface area contributed by atoms with Gasteiger partial charge in [0.1, 0.15) is 18.7 Å². The van der Waals surface area contributed by atoms with E-state index in [2.05, 4.69) is 20.1 Å². The highest BCUT2D eigenvalue weighted by atomic mass is 16.6. The van der Waals surface area contributed by atoms with E-state index in [1.54, 1.807) is 24.3 Å². The fourth-order valence-electron chi connectivity index (χ4n) is 3.07. The fraction of sp³-hybridized carbons (Fsp3) is 0.522. The molecule has 0 saturated heterocycles. The van der Waals surface area contributed by atoms with E-state index < -0.39 is 54.3 Å². The normalized spacial score (nSPS) is 13.1. The zero-order valence-electron chi connectivity index (χ0n) is 20.0. The van der Waals surface area contributed by atoms with Gasteiger partial charge in [-0.25, -0.2) is 9.59 Å². The van der Waals surface area contributed by atoms with Crippen molar-refractivity contribution in [3.8, 4) is 0 Å². The van der Waals surface area contributed by atoms with Gasteiger partial charge >= 0.3 is 24.0 Å². The van der Waals surface area contributed by atoms with Crippen LogP contribution in [0.3, 0.4) is 0 Å². The fourth-order valence-corrected chi connectivity index (χ4v) is 3.07. The largest absolute Gasteiger partial charge is 0.469 e. The summed E-state index contributed by atoms with van der Waals surface area (Å²) in [6.45, 7) is 3.67. The molecule has 0 bridgehead atoms. The summed E-state index contributed by atoms with van der Waals surface area (Å²) in [6, 6.07) is 6.33. The Hall–Kier alpha value is -3.63. The van der Waals surface area contributed by atoms with Crippen LogP contribution in [0.25, 0.3) is 0 Å². The second-order valence-corrected chi connectivity index (χ2v) is 7.81. The number of ether oxygens (including phenoxy) is 4. The van der Waals surface area contributed by atoms with E-state index in [0.29, 0.717) is 0 Å². The first-order chi connectivity index (χ1) is 16.1. The zero-order chi connectivity index (χ0) is 25.7. The molecule has 11 nitrogen and oxygen atoms in total. The molecule has 0 aliphatic rings. The maximum Gasteiger partial charge on any atom is 0.408 e. The molecule has 3 atom stereocenters. The lowest BCUT2D eigenvalue weighted by Gasteiger charge is -2.26. The third-order valence-corrected chi connectivity index (χ3v) is 4.80. The molecule has 1 rings (SSSR count). The predicted octanol–water partition coefficient (Wildman–Crippen LogP) is 1.34. The quantitative estimate of drug-likeness (QED) is 0.334. The first-order valence-corrected chi connectivity index (χ1v) is 10.6. The number of amides is 2. The minimum absolute atomic E-state index is 0.00296. The number of carbonyl (C=O) groups is 5. The summed E-state index contributed by atoms with van der Waals surface area (Å²) in [5, 5.41) is 4.89. The smallest absolute Gasteiger partial charge is 0.408 e. The Morgan fingerprint density at radius 2 is 1.47 bits per heavy atom. The van der Waals surface area contributed by atoms with Crippen molar-refractivity contribution in [1.29, 1.82) is 0 Å². The molecule has 1 aromatic carbocycles. The number of alkyl carbamates (subject to hydrolysis) is 1. The number of methoxy groups -OCH3 is 3. The Labute approximate surface area is 198 Å². The van der Waals surface area contributed by atoms with Crippen LogP contribution in [0.4, 0.5) is 4.79 Å². The van der Waals surface area contributed by atoms with Gasteiger partial charge in [0.05, 0.1) is 33.7 Å². The first-order valence-electron chi connectivity index (χ1n) is 10.6. The van der Waals surface area contributed by atoms with Crippen LogP contribution < -0.4 is 10.6 Å². The molecule has 0 saturated carbocycles. The van der Waals surface area contributed by atoms with E-state index in [9.17, 15) is 24.0 Å². The Morgan fingerprint density at radius 3 is 2.00 bits per heavy atom. The van der Waals surface area contributed by atoms with Gasteiger partial charge < -0.3 is 29.6 Å². The number of hydrogen-bond donors (Lipinski definition) is 2. The van der Waals surface area contributed by atoms with Gasteiger partial charge in [0.15, 0.2) is 0 Å². The molecular weight excluding hydrogens is 448 g/mol. The van der Waals surface area contributed by atoms with Gasteiger partial charge in [0.2, 0.25) is 5.91 Å². The van der Waals surface area contributed by atoms with Crippen LogP contribution >= 0.6 is 0 Å². The maximum absolute atomic E-state index is 13.0. The summed E-state index contributed by atoms with van der Waals surface area (Å²) in [7, 11) is 3.26. The molecule has 1 aromatic rings. The van der Waals surface area contributed by atoms with Crippen LogP contribution in [-0.4, -0.2) is 63.3 Å². The molecular formula is C23H32N2O9. The second kappa shape index (κ2) is 14.5. The Balaban J connectivity index is 3.01. The third-order valence-electron chi connectivity index (χ3n) is 4.80. The Morgan fingerprint density at radius 1 is 0.853 bits per heavy atom. The molecule has 0 aliphatic carbocycles. The molecule has 0 aromatic heterocycles. The van der Waals surface area contributed by atoms with Gasteiger partial charge in [-0.1, -0.05) is 44.2 Å². The van der Waals surface area contributed by atoms with Crippen molar-refractivity contribution in [2.75, 3.05) is 21.3 Å². The molecule has 0 spiro atoms. The predicted molar refractivity (Wildman–Crippen MR) is 119 cm³/mol. The lowest BCUT2D eigenvalue weighted by atomic mass is 9.95. The minimum atomic E-state index is -1.55. The first kappa shape index (κ1) is 28.4. The van der Waals surface area contributed by atoms with Gasteiger partial charge in [-0.15, -0.1) is 0 Å². The highest BCUT2D eigenvalue weighted by Gasteiger charge is 2.40. The van der Waals surface area contributed by atoms with E-state index in [1.807, 2.05) is 19.9 Å². The molecule has 188 valence electrons. The molecule has 0 radical (unpaired) electrons. The van der Waals surface area contributed by atoms with Crippen LogP contribution in [0, 0.1) is 11.8 Å². The third kappa shape index (κ3) is 9.47. The van der Waals surface area contributed by atoms with Crippen molar-refractivity contribution < 1.29 is 42.9 Å². The maximum atomic E-state index is 13.0. The van der Waals surface area contributed by atoms with Crippen LogP contribution in [-0.2, 0) is 44.7 Å². The SMILES string of the molecule is COC(=O)C[C@H](C(=O)OC)[C@@H](NC(=O)[C@H](CC(C)C)NC(=O)OCc1ccccc1)C(=O)OC. The number of esters is 3. The highest BCUT2D eigenvalue weighted by molar-refractivity contribution is 5.93. The number of rotatable bonds is 12. The van der Waals surface area contributed by atoms with Crippen LogP contribution in [0.5, 0.6) is 0 Å². The summed E-state index contributed by atoms with van der Waals surface area (Å²) in [6.07, 6.45) is -1.16. The van der Waals surface area contributed by atoms with Crippen molar-refractivity contribution in [3.63, 3.8) is 0 Å². The average Bonchev–Trinajstić information content (AvgIpc) is 2.83. The number of hydrogen-bond acceptors (Lipinski definition) is 9. The molecule has 34 heavy (non-hydrogen) atoms. The van der Waals surface area contributed by atoms with Crippen molar-refractivity contribution in [3.05, 3.63) is 35.9 Å². The lowest BCUT2D eigenvalue weighted by molar-refractivity contribution is -0.159. The van der Waals surface area contributed by atoms with Crippen LogP contribution in [0.2, 0.25) is 0 Å². The second-order valence-electron chi connectivity index (χ2n) is 7.81. The summed E-state index contributed by atoms with van der Waals surface area (Å²) >= 11 is 0. The van der Waals surface area contributed by atoms with E-state index in [-0.39, 0.29) is 18.9 Å². The zero-order valence-corrected chi connectivity index (χ0v) is 20.0. The monoisotopic (exact) mass is 480 g/mol. The lowest BCUT2D eigenvalue weighted by Crippen LogP contribution is -2.56. The Bertz CT molecular complexity index is 842. The molecule has 11 heteroatoms. The summed E-state index contributed by atoms with van der Waals surface area (Å²) in [5.74, 6) is -4.87. The minimum Gasteiger partial charge on any atom is -0.469 e. The standard InChI is InChI=1S/C23H32N2O9/c1-14(2)11-17(24-23(30)34-13-15-9-7-6-8-10-15)20(27)25-19(22(29)33-5)16(21(28)32-4)12-18(26)31-3/h6-10,14,16-17,19H,11-13H2,1-5H3,(H,24,30)(H,25,27)/t16-,17-,19+/m0/s1. The van der Waals surface area contributed by atoms with E-state index in [0.717, 1.165) is 26.9 Å². The van der Waals surface area contributed by atoms with Crippen molar-refractivity contribution in [2.24, 2.45) is 11.8 Å². The van der Waals surface area contributed by atoms with E-state index in [1.165, 1.54) is 0 Å². The van der Waals surface area contributed by atoms with Gasteiger partial charge in [-0.3, -0.25) is 14.4 Å². The summed E-state index contributed by atoms with van der Waals surface area (Å²) in [4.78, 5) is 61.8. The molecule has 0 unspecified atom stereocenters. The highest BCUT2D eigenvalue weighted by Crippen LogP contribution is 2.16. The average molecular weight is 481 g/mol. The number of benzene rings is 1. The van der Waals surface area contributed by atoms with Crippen LogP contribution in [0.1, 0.15) is 32.3 Å². The van der Waals surface area contributed by atoms with Gasteiger partial charge in [0, 0.05) is 0 Å². The molecule has 2 amide bonds. The molecule has 0 aliphatic heterocycles. The van der Waals surface area contributed by atoms with E-state index in [4.69, 9.17) is 9.47 Å². The van der Waals surface area contributed by atoms with Gasteiger partial charge in [-0.05, 0) is 17.9 Å². The van der Waals surface area contributed by atoms with Crippen molar-refractivity contribution in [2.45, 2.75) is 45.4 Å². The van der Waals surface area contributed by atoms with Crippen molar-refractivity contribution >= 4 is 29.9 Å². The molecule has 2 N–H and O–H groups in total.